The van der Waals surface area contributed by atoms with Gasteiger partial charge in [-0.05, 0) is 44.5 Å². The van der Waals surface area contributed by atoms with Crippen molar-refractivity contribution in [1.29, 1.82) is 0 Å². The summed E-state index contributed by atoms with van der Waals surface area (Å²) in [5.74, 6) is 0. The highest BCUT2D eigenvalue weighted by Crippen LogP contribution is 2.35. The van der Waals surface area contributed by atoms with Crippen molar-refractivity contribution in [3.8, 4) is 0 Å². The normalized spacial score (nSPS) is 11.4. The van der Waals surface area contributed by atoms with Gasteiger partial charge in [-0.25, -0.2) is 0 Å². The monoisotopic (exact) mass is 369 g/mol. The van der Waals surface area contributed by atoms with Crippen molar-refractivity contribution in [2.75, 3.05) is 5.32 Å². The number of hydrogen-bond donors (Lipinski definition) is 1. The third kappa shape index (κ3) is 2.55. The molecular formula is C28H19N. The molecule has 136 valence electrons. The lowest BCUT2D eigenvalue weighted by Crippen LogP contribution is -1.93. The number of benzene rings is 6. The van der Waals surface area contributed by atoms with Crippen LogP contribution in [0.15, 0.2) is 109 Å². The predicted octanol–water partition coefficient (Wildman–Crippen LogP) is 8.04. The second-order valence-electron chi connectivity index (χ2n) is 7.50. The second-order valence-corrected chi connectivity index (χ2v) is 7.50. The van der Waals surface area contributed by atoms with E-state index in [4.69, 9.17) is 0 Å². The van der Waals surface area contributed by atoms with Crippen LogP contribution in [0, 0.1) is 0 Å². The molecule has 6 aromatic rings. The number of hydrogen-bond acceptors (Lipinski definition) is 1. The summed E-state index contributed by atoms with van der Waals surface area (Å²) in [5, 5.41) is 13.9. The summed E-state index contributed by atoms with van der Waals surface area (Å²) < 4.78 is 0. The lowest BCUT2D eigenvalue weighted by molar-refractivity contribution is 1.62. The van der Waals surface area contributed by atoms with Crippen LogP contribution < -0.4 is 5.32 Å². The van der Waals surface area contributed by atoms with Crippen LogP contribution in [0.1, 0.15) is 0 Å². The Hall–Kier alpha value is -3.84. The van der Waals surface area contributed by atoms with Gasteiger partial charge in [0.15, 0.2) is 0 Å². The minimum Gasteiger partial charge on any atom is -0.355 e. The maximum atomic E-state index is 3.72. The summed E-state index contributed by atoms with van der Waals surface area (Å²) in [6.07, 6.45) is 0. The first-order chi connectivity index (χ1) is 14.4. The highest BCUT2D eigenvalue weighted by atomic mass is 14.9. The van der Waals surface area contributed by atoms with E-state index >= 15 is 0 Å². The molecule has 0 aromatic heterocycles. The Bertz CT molecular complexity index is 1410. The molecule has 0 unspecified atom stereocenters. The van der Waals surface area contributed by atoms with E-state index in [0.717, 1.165) is 11.4 Å². The van der Waals surface area contributed by atoms with Gasteiger partial charge in [-0.1, -0.05) is 97.1 Å². The zero-order valence-electron chi connectivity index (χ0n) is 15.9. The third-order valence-corrected chi connectivity index (χ3v) is 5.84. The van der Waals surface area contributed by atoms with Gasteiger partial charge in [0.2, 0.25) is 0 Å². The van der Waals surface area contributed by atoms with Gasteiger partial charge in [0.05, 0.1) is 0 Å². The van der Waals surface area contributed by atoms with E-state index in [-0.39, 0.29) is 0 Å². The van der Waals surface area contributed by atoms with Gasteiger partial charge in [0.1, 0.15) is 0 Å². The molecule has 0 aliphatic heterocycles. The maximum Gasteiger partial charge on any atom is 0.0464 e. The van der Waals surface area contributed by atoms with Gasteiger partial charge in [0.25, 0.3) is 0 Å². The van der Waals surface area contributed by atoms with Gasteiger partial charge >= 0.3 is 0 Å². The lowest BCUT2D eigenvalue weighted by atomic mass is 9.99. The average Bonchev–Trinajstić information content (AvgIpc) is 2.79. The summed E-state index contributed by atoms with van der Waals surface area (Å²) in [4.78, 5) is 0. The van der Waals surface area contributed by atoms with Crippen LogP contribution in [0.4, 0.5) is 11.4 Å². The smallest absolute Gasteiger partial charge is 0.0464 e. The van der Waals surface area contributed by atoms with Gasteiger partial charge in [-0.15, -0.1) is 0 Å². The van der Waals surface area contributed by atoms with Crippen molar-refractivity contribution in [3.63, 3.8) is 0 Å². The quantitative estimate of drug-likeness (QED) is 0.304. The van der Waals surface area contributed by atoms with E-state index in [9.17, 15) is 0 Å². The van der Waals surface area contributed by atoms with Crippen LogP contribution in [-0.2, 0) is 0 Å². The van der Waals surface area contributed by atoms with E-state index in [0.29, 0.717) is 0 Å². The molecule has 0 bridgehead atoms. The molecule has 0 atom stereocenters. The predicted molar refractivity (Wildman–Crippen MR) is 126 cm³/mol. The highest BCUT2D eigenvalue weighted by molar-refractivity contribution is 6.14. The van der Waals surface area contributed by atoms with Crippen LogP contribution in [0.2, 0.25) is 0 Å². The van der Waals surface area contributed by atoms with Crippen LogP contribution >= 0.6 is 0 Å². The van der Waals surface area contributed by atoms with E-state index in [2.05, 4.69) is 115 Å². The molecule has 0 saturated carbocycles. The first-order valence-corrected chi connectivity index (χ1v) is 9.96. The Balaban J connectivity index is 1.56. The van der Waals surface area contributed by atoms with Crippen LogP contribution in [0.3, 0.4) is 0 Å². The molecule has 0 heterocycles. The summed E-state index contributed by atoms with van der Waals surface area (Å²) in [7, 11) is 0. The van der Waals surface area contributed by atoms with Crippen LogP contribution in [-0.4, -0.2) is 0 Å². The van der Waals surface area contributed by atoms with Crippen molar-refractivity contribution in [1.82, 2.24) is 0 Å². The Morgan fingerprint density at radius 3 is 1.28 bits per heavy atom. The number of fused-ring (bicyclic) bond motifs is 6. The largest absolute Gasteiger partial charge is 0.355 e. The van der Waals surface area contributed by atoms with Crippen molar-refractivity contribution in [3.05, 3.63) is 109 Å². The summed E-state index contributed by atoms with van der Waals surface area (Å²) in [6.45, 7) is 0. The fraction of sp³-hybridized carbons (Fsp3) is 0. The van der Waals surface area contributed by atoms with Gasteiger partial charge < -0.3 is 5.32 Å². The minimum atomic E-state index is 1.13. The Morgan fingerprint density at radius 2 is 0.759 bits per heavy atom. The fourth-order valence-corrected chi connectivity index (χ4v) is 4.44. The van der Waals surface area contributed by atoms with Crippen molar-refractivity contribution in [2.24, 2.45) is 0 Å². The van der Waals surface area contributed by atoms with Crippen molar-refractivity contribution >= 4 is 54.5 Å². The maximum absolute atomic E-state index is 3.72. The van der Waals surface area contributed by atoms with Crippen LogP contribution in [0.5, 0.6) is 0 Å². The molecule has 0 radical (unpaired) electrons. The van der Waals surface area contributed by atoms with Gasteiger partial charge in [-0.2, -0.15) is 0 Å². The first kappa shape index (κ1) is 16.1. The Labute approximate surface area is 169 Å². The zero-order valence-corrected chi connectivity index (χ0v) is 15.9. The molecule has 29 heavy (non-hydrogen) atoms. The molecule has 1 nitrogen and oxygen atoms in total. The average molecular weight is 369 g/mol. The van der Waals surface area contributed by atoms with Crippen LogP contribution in [0.25, 0.3) is 43.1 Å². The van der Waals surface area contributed by atoms with E-state index in [1.54, 1.807) is 0 Å². The standard InChI is InChI=1S/C28H19N/c1-3-9-21-19(7-1)15-17-25-23(21)11-5-13-27(25)29-28-14-6-12-24-22-10-4-2-8-20(22)16-18-26(24)28/h1-18,29H. The molecule has 0 saturated heterocycles. The summed E-state index contributed by atoms with van der Waals surface area (Å²) in [5.41, 5.74) is 2.27. The van der Waals surface area contributed by atoms with Gasteiger partial charge in [-0.3, -0.25) is 0 Å². The Kier molecular flexibility index (Phi) is 3.54. The van der Waals surface area contributed by atoms with E-state index in [1.807, 2.05) is 0 Å². The summed E-state index contributed by atoms with van der Waals surface area (Å²) >= 11 is 0. The molecule has 0 fully saturated rings. The molecule has 6 aromatic carbocycles. The molecule has 0 aliphatic carbocycles. The number of anilines is 2. The third-order valence-electron chi connectivity index (χ3n) is 5.84. The van der Waals surface area contributed by atoms with Crippen molar-refractivity contribution in [2.45, 2.75) is 0 Å². The molecule has 1 N–H and O–H groups in total. The van der Waals surface area contributed by atoms with Crippen molar-refractivity contribution < 1.29 is 0 Å². The number of rotatable bonds is 2. The van der Waals surface area contributed by atoms with E-state index in [1.165, 1.54) is 43.1 Å². The lowest BCUT2D eigenvalue weighted by Gasteiger charge is -2.14. The zero-order chi connectivity index (χ0) is 19.2. The molecular weight excluding hydrogens is 350 g/mol. The Morgan fingerprint density at radius 1 is 0.310 bits per heavy atom. The summed E-state index contributed by atoms with van der Waals surface area (Å²) in [6, 6.07) is 39.0. The number of nitrogens with one attached hydrogen (secondary N) is 1. The second kappa shape index (κ2) is 6.35. The topological polar surface area (TPSA) is 12.0 Å². The SMILES string of the molecule is c1ccc2c(c1)ccc1c(Nc3cccc4c3ccc3ccccc34)cccc12. The molecule has 1 heteroatoms. The highest BCUT2D eigenvalue weighted by Gasteiger charge is 2.08. The van der Waals surface area contributed by atoms with Gasteiger partial charge in [0, 0.05) is 22.1 Å². The molecule has 0 aliphatic rings. The van der Waals surface area contributed by atoms with E-state index < -0.39 is 0 Å². The first-order valence-electron chi connectivity index (χ1n) is 9.96. The molecule has 0 spiro atoms. The molecule has 0 amide bonds. The molecule has 6 rings (SSSR count). The minimum absolute atomic E-state index is 1.13. The fourth-order valence-electron chi connectivity index (χ4n) is 4.44.